The minimum absolute atomic E-state index is 0.220. The molecule has 0 radical (unpaired) electrons. The fraction of sp³-hybridized carbons (Fsp3) is 0.333. The van der Waals surface area contributed by atoms with Crippen molar-refractivity contribution in [1.82, 2.24) is 9.80 Å². The summed E-state index contributed by atoms with van der Waals surface area (Å²) in [6.45, 7) is 2.22. The van der Waals surface area contributed by atoms with E-state index in [2.05, 4.69) is 36.9 Å². The van der Waals surface area contributed by atoms with Gasteiger partial charge in [-0.05, 0) is 16.7 Å². The second kappa shape index (κ2) is 7.27. The molecule has 6 heteroatoms. The molecule has 2 aromatic carbocycles. The van der Waals surface area contributed by atoms with Crippen molar-refractivity contribution in [2.45, 2.75) is 25.0 Å². The summed E-state index contributed by atoms with van der Waals surface area (Å²) in [5.41, 5.74) is 2.87. The molecule has 2 fully saturated rings. The molecule has 2 saturated heterocycles. The molecule has 0 aromatic heterocycles. The van der Waals surface area contributed by atoms with Gasteiger partial charge in [0.25, 0.3) is 5.24 Å². The second-order valence-electron chi connectivity index (χ2n) is 7.20. The number of likely N-dealkylation sites (tertiary alicyclic amines) is 1. The van der Waals surface area contributed by atoms with Gasteiger partial charge in [0.1, 0.15) is 5.60 Å². The van der Waals surface area contributed by atoms with Gasteiger partial charge in [0.15, 0.2) is 0 Å². The number of nitrogens with zero attached hydrogens (tertiary/aromatic N) is 2. The van der Waals surface area contributed by atoms with Crippen LogP contribution in [0.4, 0.5) is 9.59 Å². The Kier molecular flexibility index (Phi) is 4.83. The first-order valence-electron chi connectivity index (χ1n) is 9.15. The molecule has 0 saturated carbocycles. The molecule has 4 rings (SSSR count). The molecule has 2 aromatic rings. The molecule has 2 amide bonds. The van der Waals surface area contributed by atoms with Crippen molar-refractivity contribution >= 4 is 24.0 Å². The number of benzene rings is 2. The van der Waals surface area contributed by atoms with Crippen LogP contribution in [0.1, 0.15) is 18.4 Å². The van der Waals surface area contributed by atoms with Crippen LogP contribution < -0.4 is 0 Å². The van der Waals surface area contributed by atoms with Crippen LogP contribution in [-0.4, -0.2) is 46.4 Å². The Balaban J connectivity index is 1.50. The number of carbonyl (C=O) groups is 2. The summed E-state index contributed by atoms with van der Waals surface area (Å²) in [4.78, 5) is 27.4. The standard InChI is InChI=1S/C21H22N2O3S/c24-19-23(15-21(26-19)10-12-22(13-11-21)20(25)27)14-17-8-4-5-9-18(17)16-6-2-1-3-7-16/h1-9H,10-15H2,(H,25,27). The lowest BCUT2D eigenvalue weighted by molar-refractivity contribution is 0.0120. The van der Waals surface area contributed by atoms with Crippen molar-refractivity contribution in [2.24, 2.45) is 0 Å². The number of carbonyl (C=O) groups excluding carboxylic acids is 2. The average Bonchev–Trinajstić information content (AvgIpc) is 2.98. The summed E-state index contributed by atoms with van der Waals surface area (Å²) < 4.78 is 5.77. The summed E-state index contributed by atoms with van der Waals surface area (Å²) in [5.74, 6) is 0. The van der Waals surface area contributed by atoms with Crippen molar-refractivity contribution < 1.29 is 14.3 Å². The van der Waals surface area contributed by atoms with E-state index < -0.39 is 5.60 Å². The minimum Gasteiger partial charge on any atom is -0.441 e. The molecule has 5 nitrogen and oxygen atoms in total. The van der Waals surface area contributed by atoms with Gasteiger partial charge in [0.2, 0.25) is 0 Å². The molecule has 0 aliphatic carbocycles. The predicted molar refractivity (Wildman–Crippen MR) is 107 cm³/mol. The van der Waals surface area contributed by atoms with Crippen LogP contribution in [0.5, 0.6) is 0 Å². The van der Waals surface area contributed by atoms with E-state index in [-0.39, 0.29) is 11.3 Å². The topological polar surface area (TPSA) is 49.9 Å². The number of thiol groups is 1. The van der Waals surface area contributed by atoms with Crippen LogP contribution in [0.25, 0.3) is 11.1 Å². The van der Waals surface area contributed by atoms with Gasteiger partial charge in [-0.2, -0.15) is 0 Å². The zero-order chi connectivity index (χ0) is 18.9. The van der Waals surface area contributed by atoms with E-state index >= 15 is 0 Å². The number of amides is 2. The van der Waals surface area contributed by atoms with Crippen molar-refractivity contribution in [2.75, 3.05) is 19.6 Å². The molecular formula is C21H22N2O3S. The Morgan fingerprint density at radius 1 is 1.04 bits per heavy atom. The van der Waals surface area contributed by atoms with Crippen LogP contribution in [0.3, 0.4) is 0 Å². The smallest absolute Gasteiger partial charge is 0.410 e. The van der Waals surface area contributed by atoms with Crippen LogP contribution in [0.15, 0.2) is 54.6 Å². The highest BCUT2D eigenvalue weighted by molar-refractivity contribution is 7.96. The van der Waals surface area contributed by atoms with Gasteiger partial charge < -0.3 is 9.64 Å². The highest BCUT2D eigenvalue weighted by atomic mass is 32.1. The van der Waals surface area contributed by atoms with Gasteiger partial charge in [-0.15, -0.1) is 0 Å². The Morgan fingerprint density at radius 3 is 2.41 bits per heavy atom. The Hall–Kier alpha value is -2.47. The Labute approximate surface area is 164 Å². The molecule has 0 atom stereocenters. The maximum absolute atomic E-state index is 12.5. The Morgan fingerprint density at radius 2 is 1.70 bits per heavy atom. The zero-order valence-electron chi connectivity index (χ0n) is 15.0. The van der Waals surface area contributed by atoms with Gasteiger partial charge in [-0.3, -0.25) is 9.69 Å². The second-order valence-corrected chi connectivity index (χ2v) is 7.58. The van der Waals surface area contributed by atoms with Gasteiger partial charge in [0.05, 0.1) is 6.54 Å². The highest BCUT2D eigenvalue weighted by Crippen LogP contribution is 2.35. The van der Waals surface area contributed by atoms with Crippen LogP contribution in [-0.2, 0) is 11.3 Å². The normalized spacial score (nSPS) is 18.6. The quantitative estimate of drug-likeness (QED) is 0.810. The maximum Gasteiger partial charge on any atom is 0.410 e. The highest BCUT2D eigenvalue weighted by Gasteiger charge is 2.47. The zero-order valence-corrected chi connectivity index (χ0v) is 15.9. The van der Waals surface area contributed by atoms with E-state index in [1.54, 1.807) is 9.80 Å². The monoisotopic (exact) mass is 382 g/mol. The van der Waals surface area contributed by atoms with E-state index in [9.17, 15) is 9.59 Å². The van der Waals surface area contributed by atoms with Crippen LogP contribution in [0.2, 0.25) is 0 Å². The molecular weight excluding hydrogens is 360 g/mol. The third-order valence-electron chi connectivity index (χ3n) is 5.45. The summed E-state index contributed by atoms with van der Waals surface area (Å²) in [6, 6.07) is 18.3. The van der Waals surface area contributed by atoms with E-state index in [1.807, 2.05) is 30.3 Å². The largest absolute Gasteiger partial charge is 0.441 e. The van der Waals surface area contributed by atoms with Crippen molar-refractivity contribution in [3.8, 4) is 11.1 Å². The fourth-order valence-electron chi connectivity index (χ4n) is 3.94. The molecule has 27 heavy (non-hydrogen) atoms. The SMILES string of the molecule is O=C(S)N1CCC2(CC1)CN(Cc1ccccc1-c1ccccc1)C(=O)O2. The third-order valence-corrected chi connectivity index (χ3v) is 5.73. The first-order chi connectivity index (χ1) is 13.1. The van der Waals surface area contributed by atoms with E-state index in [4.69, 9.17) is 4.74 Å². The summed E-state index contributed by atoms with van der Waals surface area (Å²) >= 11 is 3.89. The number of piperidine rings is 1. The molecule has 0 bridgehead atoms. The van der Waals surface area contributed by atoms with Gasteiger partial charge >= 0.3 is 6.09 Å². The number of rotatable bonds is 3. The molecule has 0 unspecified atom stereocenters. The molecule has 0 N–H and O–H groups in total. The lowest BCUT2D eigenvalue weighted by atomic mass is 9.91. The van der Waals surface area contributed by atoms with Gasteiger partial charge in [-0.25, -0.2) is 4.79 Å². The summed E-state index contributed by atoms with van der Waals surface area (Å²) in [7, 11) is 0. The van der Waals surface area contributed by atoms with E-state index in [0.29, 0.717) is 39.0 Å². The molecule has 2 aliphatic heterocycles. The average molecular weight is 382 g/mol. The summed E-state index contributed by atoms with van der Waals surface area (Å²) in [6.07, 6.45) is 1.03. The first kappa shape index (κ1) is 17.9. The molecule has 140 valence electrons. The number of hydrogen-bond acceptors (Lipinski definition) is 3. The lowest BCUT2D eigenvalue weighted by Crippen LogP contribution is -2.47. The van der Waals surface area contributed by atoms with E-state index in [0.717, 1.165) is 16.7 Å². The lowest BCUT2D eigenvalue weighted by Gasteiger charge is -2.36. The van der Waals surface area contributed by atoms with Crippen molar-refractivity contribution in [3.05, 3.63) is 60.2 Å². The number of ether oxygens (including phenoxy) is 1. The number of hydrogen-bond donors (Lipinski definition) is 1. The summed E-state index contributed by atoms with van der Waals surface area (Å²) in [5, 5.41) is -0.220. The van der Waals surface area contributed by atoms with Crippen molar-refractivity contribution in [1.29, 1.82) is 0 Å². The Bertz CT molecular complexity index is 848. The first-order valence-corrected chi connectivity index (χ1v) is 9.60. The predicted octanol–water partition coefficient (Wildman–Crippen LogP) is 4.19. The van der Waals surface area contributed by atoms with Gasteiger partial charge in [-0.1, -0.05) is 67.2 Å². The molecule has 2 heterocycles. The fourth-order valence-corrected chi connectivity index (χ4v) is 4.14. The van der Waals surface area contributed by atoms with Crippen LogP contribution >= 0.6 is 12.6 Å². The maximum atomic E-state index is 12.5. The van der Waals surface area contributed by atoms with E-state index in [1.165, 1.54) is 0 Å². The minimum atomic E-state index is -0.488. The molecule has 2 aliphatic rings. The van der Waals surface area contributed by atoms with Gasteiger partial charge in [0, 0.05) is 32.5 Å². The molecule has 1 spiro atoms. The third kappa shape index (κ3) is 3.67. The van der Waals surface area contributed by atoms with Crippen molar-refractivity contribution in [3.63, 3.8) is 0 Å². The van der Waals surface area contributed by atoms with Crippen LogP contribution in [0, 0.1) is 0 Å².